The van der Waals surface area contributed by atoms with Crippen molar-refractivity contribution in [1.29, 1.82) is 0 Å². The lowest BCUT2D eigenvalue weighted by Gasteiger charge is -2.37. The number of piperidine rings is 2. The van der Waals surface area contributed by atoms with Gasteiger partial charge in [-0.1, -0.05) is 0 Å². The summed E-state index contributed by atoms with van der Waals surface area (Å²) in [4.78, 5) is 28.3. The quantitative estimate of drug-likeness (QED) is 0.707. The maximum absolute atomic E-state index is 13.0. The molecule has 0 unspecified atom stereocenters. The molecule has 3 aliphatic rings. The highest BCUT2D eigenvalue weighted by Crippen LogP contribution is 2.35. The average molecular weight is 475 g/mol. The van der Waals surface area contributed by atoms with Crippen molar-refractivity contribution in [3.05, 3.63) is 35.4 Å². The summed E-state index contributed by atoms with van der Waals surface area (Å²) >= 11 is 0. The highest BCUT2D eigenvalue weighted by atomic mass is 32.2. The van der Waals surface area contributed by atoms with Crippen molar-refractivity contribution < 1.29 is 22.7 Å². The molecule has 9 nitrogen and oxygen atoms in total. The molecular formula is C23H30N4O5S. The first-order valence-electron chi connectivity index (χ1n) is 11.2. The Labute approximate surface area is 194 Å². The van der Waals surface area contributed by atoms with Crippen molar-refractivity contribution in [3.8, 4) is 5.75 Å². The van der Waals surface area contributed by atoms with Gasteiger partial charge in [0.1, 0.15) is 16.5 Å². The van der Waals surface area contributed by atoms with Gasteiger partial charge in [0.2, 0.25) is 11.8 Å². The van der Waals surface area contributed by atoms with E-state index in [1.54, 1.807) is 38.3 Å². The number of carbonyl (C=O) groups excluding carboxylic acids is 2. The number of primary amides is 1. The fraction of sp³-hybridized carbons (Fsp3) is 0.522. The van der Waals surface area contributed by atoms with Crippen LogP contribution in [0.5, 0.6) is 5.75 Å². The maximum atomic E-state index is 13.0. The van der Waals surface area contributed by atoms with Gasteiger partial charge in [-0.25, -0.2) is 0 Å². The third kappa shape index (κ3) is 4.62. The van der Waals surface area contributed by atoms with Crippen LogP contribution in [0.25, 0.3) is 4.91 Å². The number of hydrogen-bond acceptors (Lipinski definition) is 6. The van der Waals surface area contributed by atoms with E-state index in [-0.39, 0.29) is 28.6 Å². The number of sulfonamides is 1. The Balaban J connectivity index is 1.41. The number of carbonyl (C=O) groups is 2. The monoisotopic (exact) mass is 474 g/mol. The molecule has 0 atom stereocenters. The predicted molar refractivity (Wildman–Crippen MR) is 125 cm³/mol. The zero-order valence-corrected chi connectivity index (χ0v) is 19.8. The molecule has 0 aromatic heterocycles. The van der Waals surface area contributed by atoms with Gasteiger partial charge in [0.05, 0.1) is 7.11 Å². The van der Waals surface area contributed by atoms with E-state index in [9.17, 15) is 18.0 Å². The topological polar surface area (TPSA) is 122 Å². The number of benzene rings is 1. The summed E-state index contributed by atoms with van der Waals surface area (Å²) in [7, 11) is -2.23. The molecule has 1 aromatic carbocycles. The number of nitrogens with two attached hydrogens (primary N) is 1. The van der Waals surface area contributed by atoms with Gasteiger partial charge in [-0.15, -0.1) is 4.40 Å². The summed E-state index contributed by atoms with van der Waals surface area (Å²) in [6.07, 6.45) is 2.51. The summed E-state index contributed by atoms with van der Waals surface area (Å²) in [6.45, 7) is 4.03. The second-order valence-corrected chi connectivity index (χ2v) is 10.4. The molecule has 0 bridgehead atoms. The minimum absolute atomic E-state index is 0.102. The fourth-order valence-electron chi connectivity index (χ4n) is 4.91. The predicted octanol–water partition coefficient (Wildman–Crippen LogP) is 1.60. The van der Waals surface area contributed by atoms with Crippen LogP contribution in [0.4, 0.5) is 0 Å². The fourth-order valence-corrected chi connectivity index (χ4v) is 6.39. The van der Waals surface area contributed by atoms with Crippen LogP contribution in [0.15, 0.2) is 34.2 Å². The van der Waals surface area contributed by atoms with E-state index >= 15 is 0 Å². The zero-order valence-electron chi connectivity index (χ0n) is 19.0. The highest BCUT2D eigenvalue weighted by Gasteiger charge is 2.37. The van der Waals surface area contributed by atoms with Gasteiger partial charge in [0, 0.05) is 43.6 Å². The smallest absolute Gasteiger partial charge is 0.285 e. The molecule has 178 valence electrons. The molecule has 3 heterocycles. The van der Waals surface area contributed by atoms with E-state index < -0.39 is 10.0 Å². The molecule has 33 heavy (non-hydrogen) atoms. The van der Waals surface area contributed by atoms with E-state index in [4.69, 9.17) is 10.5 Å². The van der Waals surface area contributed by atoms with Gasteiger partial charge in [-0.3, -0.25) is 9.59 Å². The third-order valence-corrected chi connectivity index (χ3v) is 8.32. The minimum atomic E-state index is -3.79. The molecule has 0 radical (unpaired) electrons. The maximum Gasteiger partial charge on any atom is 0.285 e. The lowest BCUT2D eigenvalue weighted by atomic mass is 9.91. The molecule has 1 aromatic rings. The minimum Gasteiger partial charge on any atom is -0.497 e. The first-order valence-corrected chi connectivity index (χ1v) is 12.7. The van der Waals surface area contributed by atoms with E-state index in [0.29, 0.717) is 74.6 Å². The molecule has 3 aliphatic heterocycles. The first kappa shape index (κ1) is 23.3. The Morgan fingerprint density at radius 3 is 2.12 bits per heavy atom. The van der Waals surface area contributed by atoms with Crippen LogP contribution in [0, 0.1) is 11.8 Å². The first-order chi connectivity index (χ1) is 15.7. The lowest BCUT2D eigenvalue weighted by molar-refractivity contribution is -0.139. The summed E-state index contributed by atoms with van der Waals surface area (Å²) in [5.74, 6) is 0.696. The summed E-state index contributed by atoms with van der Waals surface area (Å²) in [6, 6.07) is 6.90. The molecule has 2 saturated heterocycles. The van der Waals surface area contributed by atoms with Crippen molar-refractivity contribution in [2.75, 3.05) is 33.3 Å². The van der Waals surface area contributed by atoms with Gasteiger partial charge < -0.3 is 20.3 Å². The SMILES string of the molecule is COc1ccc(C2=C(C)C(N3CCC(C(=O)N4CCC(C(N)=O)CC4)CC3)=NS2(=O)=O)cc1. The summed E-state index contributed by atoms with van der Waals surface area (Å²) in [5, 5.41) is 0. The van der Waals surface area contributed by atoms with Gasteiger partial charge in [-0.05, 0) is 62.4 Å². The zero-order chi connectivity index (χ0) is 23.8. The number of methoxy groups -OCH3 is 1. The van der Waals surface area contributed by atoms with Crippen LogP contribution in [-0.4, -0.2) is 69.2 Å². The Hall–Kier alpha value is -2.88. The van der Waals surface area contributed by atoms with Crippen molar-refractivity contribution in [2.45, 2.75) is 32.6 Å². The van der Waals surface area contributed by atoms with Gasteiger partial charge in [-0.2, -0.15) is 8.42 Å². The second-order valence-electron chi connectivity index (χ2n) is 8.84. The van der Waals surface area contributed by atoms with Crippen molar-refractivity contribution >= 4 is 32.6 Å². The number of ether oxygens (including phenoxy) is 1. The average Bonchev–Trinajstić information content (AvgIpc) is 3.07. The molecule has 10 heteroatoms. The Morgan fingerprint density at radius 1 is 1.00 bits per heavy atom. The molecule has 0 spiro atoms. The van der Waals surface area contributed by atoms with Crippen molar-refractivity contribution in [3.63, 3.8) is 0 Å². The number of likely N-dealkylation sites (tertiary alicyclic amines) is 2. The highest BCUT2D eigenvalue weighted by molar-refractivity contribution is 8.00. The normalized spacial score (nSPS) is 21.8. The summed E-state index contributed by atoms with van der Waals surface area (Å²) in [5.41, 5.74) is 6.59. The molecule has 4 rings (SSSR count). The molecule has 2 amide bonds. The Morgan fingerprint density at radius 2 is 1.58 bits per heavy atom. The van der Waals surface area contributed by atoms with E-state index in [2.05, 4.69) is 4.40 Å². The van der Waals surface area contributed by atoms with Crippen molar-refractivity contribution in [2.24, 2.45) is 22.0 Å². The largest absolute Gasteiger partial charge is 0.497 e. The van der Waals surface area contributed by atoms with Gasteiger partial charge in [0.15, 0.2) is 0 Å². The molecule has 0 aliphatic carbocycles. The lowest BCUT2D eigenvalue weighted by Crippen LogP contribution is -2.47. The van der Waals surface area contributed by atoms with E-state index in [1.807, 2.05) is 9.80 Å². The standard InChI is InChI=1S/C23H30N4O5S/c1-15-20(16-3-5-19(32-2)6-4-16)33(30,31)25-22(15)26-11-9-18(10-12-26)23(29)27-13-7-17(8-14-27)21(24)28/h3-6,17-18H,7-14H2,1-2H3,(H2,24,28). The van der Waals surface area contributed by atoms with Crippen LogP contribution < -0.4 is 10.5 Å². The van der Waals surface area contributed by atoms with Crippen LogP contribution >= 0.6 is 0 Å². The van der Waals surface area contributed by atoms with Crippen LogP contribution in [0.3, 0.4) is 0 Å². The van der Waals surface area contributed by atoms with E-state index in [1.165, 1.54) is 0 Å². The number of nitrogens with zero attached hydrogens (tertiary/aromatic N) is 3. The molecule has 2 fully saturated rings. The second kappa shape index (κ2) is 9.17. The van der Waals surface area contributed by atoms with Crippen LogP contribution in [-0.2, 0) is 19.6 Å². The number of rotatable bonds is 4. The Kier molecular flexibility index (Phi) is 6.47. The van der Waals surface area contributed by atoms with Crippen molar-refractivity contribution in [1.82, 2.24) is 9.80 Å². The number of amidine groups is 1. The van der Waals surface area contributed by atoms with Crippen LogP contribution in [0.2, 0.25) is 0 Å². The van der Waals surface area contributed by atoms with Gasteiger partial charge in [0.25, 0.3) is 10.0 Å². The van der Waals surface area contributed by atoms with Crippen LogP contribution in [0.1, 0.15) is 38.2 Å². The van der Waals surface area contributed by atoms with Gasteiger partial charge >= 0.3 is 0 Å². The molecular weight excluding hydrogens is 444 g/mol. The third-order valence-electron chi connectivity index (χ3n) is 6.85. The number of hydrogen-bond donors (Lipinski definition) is 1. The molecule has 2 N–H and O–H groups in total. The summed E-state index contributed by atoms with van der Waals surface area (Å²) < 4.78 is 34.9. The molecule has 0 saturated carbocycles. The Bertz CT molecular complexity index is 1090. The van der Waals surface area contributed by atoms with E-state index in [0.717, 1.165) is 0 Å². The number of amides is 2.